The molecule has 0 fully saturated rings. The van der Waals surface area contributed by atoms with Crippen LogP contribution in [0.15, 0.2) is 18.2 Å². The van der Waals surface area contributed by atoms with Gasteiger partial charge >= 0.3 is 0 Å². The van der Waals surface area contributed by atoms with E-state index in [0.717, 1.165) is 5.56 Å². The van der Waals surface area contributed by atoms with E-state index in [1.54, 1.807) is 12.1 Å². The van der Waals surface area contributed by atoms with Crippen molar-refractivity contribution in [3.63, 3.8) is 0 Å². The number of carbonyl (C=O) groups excluding carboxylic acids is 1. The molecule has 3 N–H and O–H groups in total. The number of hydrogen-bond acceptors (Lipinski definition) is 2. The van der Waals surface area contributed by atoms with Gasteiger partial charge in [-0.1, -0.05) is 36.8 Å². The van der Waals surface area contributed by atoms with Crippen molar-refractivity contribution in [2.75, 3.05) is 5.32 Å². The van der Waals surface area contributed by atoms with E-state index in [2.05, 4.69) is 5.32 Å². The Hall–Kier alpha value is -1.13. The van der Waals surface area contributed by atoms with Crippen molar-refractivity contribution in [2.24, 2.45) is 11.7 Å². The van der Waals surface area contributed by atoms with Crippen LogP contribution in [0.25, 0.3) is 0 Å². The first kappa shape index (κ1) is 13.9. The van der Waals surface area contributed by atoms with Gasteiger partial charge in [-0.3, -0.25) is 4.79 Å². The van der Waals surface area contributed by atoms with Crippen LogP contribution in [-0.4, -0.2) is 10.9 Å². The number of anilines is 1. The predicted octanol–water partition coefficient (Wildman–Crippen LogP) is 2.90. The van der Waals surface area contributed by atoms with Gasteiger partial charge in [0.05, 0.1) is 21.6 Å². The van der Waals surface area contributed by atoms with E-state index < -0.39 is 5.92 Å². The topological polar surface area (TPSA) is 55.1 Å². The van der Waals surface area contributed by atoms with E-state index in [-0.39, 0.29) is 10.9 Å². The van der Waals surface area contributed by atoms with E-state index >= 15 is 0 Å². The second-order valence-corrected chi connectivity index (χ2v) is 4.71. The Bertz CT molecular complexity index is 448. The van der Waals surface area contributed by atoms with Gasteiger partial charge in [-0.05, 0) is 31.0 Å². The highest BCUT2D eigenvalue weighted by molar-refractivity contribution is 7.80. The van der Waals surface area contributed by atoms with Gasteiger partial charge in [0.25, 0.3) is 0 Å². The fourth-order valence-electron chi connectivity index (χ4n) is 1.46. The van der Waals surface area contributed by atoms with Crippen LogP contribution in [0.4, 0.5) is 5.69 Å². The smallest absolute Gasteiger partial charge is 0.234 e. The first-order chi connectivity index (χ1) is 7.95. The molecule has 0 saturated carbocycles. The third-order valence-corrected chi connectivity index (χ3v) is 3.05. The van der Waals surface area contributed by atoms with E-state index in [1.807, 2.05) is 19.9 Å². The lowest BCUT2D eigenvalue weighted by atomic mass is 10.1. The third kappa shape index (κ3) is 3.68. The number of hydrogen-bond donors (Lipinski definition) is 2. The SMILES string of the molecule is CCC(C(=O)Nc1ccc(C)cc1Cl)C(N)=S. The van der Waals surface area contributed by atoms with E-state index in [9.17, 15) is 4.79 Å². The molecule has 0 aliphatic rings. The van der Waals surface area contributed by atoms with Gasteiger partial charge in [0.1, 0.15) is 0 Å². The number of aryl methyl sites for hydroxylation is 1. The fraction of sp³-hybridized carbons (Fsp3) is 0.333. The summed E-state index contributed by atoms with van der Waals surface area (Å²) in [6, 6.07) is 5.43. The van der Waals surface area contributed by atoms with Gasteiger partial charge < -0.3 is 11.1 Å². The summed E-state index contributed by atoms with van der Waals surface area (Å²) < 4.78 is 0. The Morgan fingerprint density at radius 3 is 2.71 bits per heavy atom. The fourth-order valence-corrected chi connectivity index (χ4v) is 2.01. The number of benzene rings is 1. The maximum Gasteiger partial charge on any atom is 0.234 e. The van der Waals surface area contributed by atoms with Gasteiger partial charge in [-0.15, -0.1) is 0 Å². The summed E-state index contributed by atoms with van der Waals surface area (Å²) in [7, 11) is 0. The Morgan fingerprint density at radius 1 is 1.59 bits per heavy atom. The van der Waals surface area contributed by atoms with Gasteiger partial charge in [0, 0.05) is 0 Å². The largest absolute Gasteiger partial charge is 0.393 e. The number of rotatable bonds is 4. The molecule has 0 aromatic heterocycles. The molecule has 0 aliphatic heterocycles. The predicted molar refractivity (Wildman–Crippen MR) is 75.4 cm³/mol. The zero-order chi connectivity index (χ0) is 13.0. The van der Waals surface area contributed by atoms with Crippen molar-refractivity contribution in [3.05, 3.63) is 28.8 Å². The molecule has 0 bridgehead atoms. The standard InChI is InChI=1S/C12H15ClN2OS/c1-3-8(11(14)17)12(16)15-10-5-4-7(2)6-9(10)13/h4-6,8H,3H2,1-2H3,(H2,14,17)(H,15,16). The third-order valence-electron chi connectivity index (χ3n) is 2.45. The van der Waals surface area contributed by atoms with Crippen LogP contribution < -0.4 is 11.1 Å². The van der Waals surface area contributed by atoms with Crippen LogP contribution in [0.5, 0.6) is 0 Å². The van der Waals surface area contributed by atoms with Gasteiger partial charge in [0.15, 0.2) is 0 Å². The molecule has 0 saturated heterocycles. The second-order valence-electron chi connectivity index (χ2n) is 3.84. The molecule has 0 heterocycles. The van der Waals surface area contributed by atoms with Crippen LogP contribution in [0.1, 0.15) is 18.9 Å². The summed E-state index contributed by atoms with van der Waals surface area (Å²) >= 11 is 10.9. The minimum Gasteiger partial charge on any atom is -0.393 e. The zero-order valence-corrected chi connectivity index (χ0v) is 11.4. The summed E-state index contributed by atoms with van der Waals surface area (Å²) in [4.78, 5) is 12.1. The highest BCUT2D eigenvalue weighted by atomic mass is 35.5. The number of halogens is 1. The Kier molecular flexibility index (Phi) is 4.90. The number of amides is 1. The molecule has 0 spiro atoms. The molecule has 1 unspecified atom stereocenters. The minimum atomic E-state index is -0.456. The quantitative estimate of drug-likeness (QED) is 0.827. The molecule has 1 rings (SSSR count). The first-order valence-electron chi connectivity index (χ1n) is 5.32. The second kappa shape index (κ2) is 5.98. The minimum absolute atomic E-state index is 0.202. The summed E-state index contributed by atoms with van der Waals surface area (Å²) in [5.41, 5.74) is 7.12. The molecule has 17 heavy (non-hydrogen) atoms. The lowest BCUT2D eigenvalue weighted by Crippen LogP contribution is -2.32. The lowest BCUT2D eigenvalue weighted by Gasteiger charge is -2.14. The number of carbonyl (C=O) groups is 1. The van der Waals surface area contributed by atoms with E-state index in [0.29, 0.717) is 17.1 Å². The van der Waals surface area contributed by atoms with Crippen LogP contribution in [0.3, 0.4) is 0 Å². The van der Waals surface area contributed by atoms with Crippen LogP contribution in [0.2, 0.25) is 5.02 Å². The Morgan fingerprint density at radius 2 is 2.24 bits per heavy atom. The van der Waals surface area contributed by atoms with Crippen LogP contribution >= 0.6 is 23.8 Å². The highest BCUT2D eigenvalue weighted by Crippen LogP contribution is 2.23. The maximum atomic E-state index is 11.9. The summed E-state index contributed by atoms with van der Waals surface area (Å²) in [6.07, 6.45) is 0.574. The number of thiocarbonyl (C=S) groups is 1. The number of nitrogens with two attached hydrogens (primary N) is 1. The molecular formula is C12H15ClN2OS. The molecule has 1 aromatic rings. The molecule has 1 aromatic carbocycles. The molecule has 0 radical (unpaired) electrons. The van der Waals surface area contributed by atoms with Crippen molar-refractivity contribution >= 4 is 40.4 Å². The molecule has 1 atom stereocenters. The monoisotopic (exact) mass is 270 g/mol. The van der Waals surface area contributed by atoms with Crippen molar-refractivity contribution in [2.45, 2.75) is 20.3 Å². The van der Waals surface area contributed by atoms with E-state index in [1.165, 1.54) is 0 Å². The number of nitrogens with one attached hydrogen (secondary N) is 1. The maximum absolute atomic E-state index is 11.9. The summed E-state index contributed by atoms with van der Waals surface area (Å²) in [5, 5.41) is 3.24. The molecule has 1 amide bonds. The van der Waals surface area contributed by atoms with Crippen molar-refractivity contribution in [1.29, 1.82) is 0 Å². The molecule has 0 aliphatic carbocycles. The van der Waals surface area contributed by atoms with Crippen molar-refractivity contribution < 1.29 is 4.79 Å². The Balaban J connectivity index is 2.84. The van der Waals surface area contributed by atoms with Crippen LogP contribution in [0, 0.1) is 12.8 Å². The normalized spacial score (nSPS) is 11.9. The van der Waals surface area contributed by atoms with Crippen molar-refractivity contribution in [3.8, 4) is 0 Å². The van der Waals surface area contributed by atoms with E-state index in [4.69, 9.17) is 29.6 Å². The van der Waals surface area contributed by atoms with Gasteiger partial charge in [0.2, 0.25) is 5.91 Å². The zero-order valence-electron chi connectivity index (χ0n) is 9.79. The Labute approximate surface area is 111 Å². The highest BCUT2D eigenvalue weighted by Gasteiger charge is 2.19. The summed E-state index contributed by atoms with van der Waals surface area (Å²) in [5.74, 6) is -0.673. The van der Waals surface area contributed by atoms with Crippen LogP contribution in [-0.2, 0) is 4.79 Å². The van der Waals surface area contributed by atoms with Gasteiger partial charge in [-0.2, -0.15) is 0 Å². The summed E-state index contributed by atoms with van der Waals surface area (Å²) in [6.45, 7) is 3.79. The molecule has 5 heteroatoms. The molecule has 3 nitrogen and oxygen atoms in total. The van der Waals surface area contributed by atoms with Gasteiger partial charge in [-0.25, -0.2) is 0 Å². The average molecular weight is 271 g/mol. The molecular weight excluding hydrogens is 256 g/mol. The first-order valence-corrected chi connectivity index (χ1v) is 6.10. The lowest BCUT2D eigenvalue weighted by molar-refractivity contribution is -0.118. The average Bonchev–Trinajstić information content (AvgIpc) is 2.22. The van der Waals surface area contributed by atoms with Crippen molar-refractivity contribution in [1.82, 2.24) is 0 Å². The molecule has 92 valence electrons.